The van der Waals surface area contributed by atoms with Crippen molar-refractivity contribution >= 4 is 23.7 Å². The monoisotopic (exact) mass is 577 g/mol. The Hall–Kier alpha value is -4.68. The Balaban J connectivity index is 1.70. The lowest BCUT2D eigenvalue weighted by Crippen LogP contribution is -2.63. The lowest BCUT2D eigenvalue weighted by molar-refractivity contribution is -0.148. The zero-order valence-electron chi connectivity index (χ0n) is 23.4. The maximum Gasteiger partial charge on any atom is 0.255 e. The zero-order valence-corrected chi connectivity index (χ0v) is 23.4. The van der Waals surface area contributed by atoms with Crippen LogP contribution in [0.15, 0.2) is 58.2 Å². The van der Waals surface area contributed by atoms with Gasteiger partial charge in [-0.1, -0.05) is 17.3 Å². The van der Waals surface area contributed by atoms with Crippen LogP contribution in [-0.2, 0) is 20.8 Å². The number of likely N-dealkylation sites (N-methyl/N-ethyl adjacent to an activating group) is 1. The predicted molar refractivity (Wildman–Crippen MR) is 150 cm³/mol. The lowest BCUT2D eigenvalue weighted by Gasteiger charge is -2.50. The third kappa shape index (κ3) is 4.05. The quantitative estimate of drug-likeness (QED) is 0.192. The number of primary amides is 1. The smallest absolute Gasteiger partial charge is 0.255 e. The SMILES string of the molecule is CO/N=C/c1cc(-c2ccc(O)c3c2C[C@H]2C[C@H]4[C@@H](N(C)C)C(O)=C(C(N)=O)C(=O)[C@@]4(O)C(O)=C2C3=O)ccc1OC. The molecular formula is C30H31N3O9. The van der Waals surface area contributed by atoms with Crippen molar-refractivity contribution in [2.75, 3.05) is 28.3 Å². The molecule has 0 spiro atoms. The van der Waals surface area contributed by atoms with Gasteiger partial charge in [-0.05, 0) is 67.7 Å². The van der Waals surface area contributed by atoms with Gasteiger partial charge in [0, 0.05) is 17.1 Å². The molecule has 220 valence electrons. The summed E-state index contributed by atoms with van der Waals surface area (Å²) in [6.07, 6.45) is 1.63. The van der Waals surface area contributed by atoms with Gasteiger partial charge in [-0.2, -0.15) is 0 Å². The van der Waals surface area contributed by atoms with Crippen molar-refractivity contribution in [2.45, 2.75) is 24.5 Å². The van der Waals surface area contributed by atoms with Gasteiger partial charge in [-0.25, -0.2) is 0 Å². The minimum absolute atomic E-state index is 0.00474. The number of nitrogens with two attached hydrogens (primary N) is 1. The Morgan fingerprint density at radius 2 is 1.86 bits per heavy atom. The number of Topliss-reactive ketones (excluding diaryl/α,β-unsaturated/α-hetero) is 2. The van der Waals surface area contributed by atoms with Crippen LogP contribution in [0.1, 0.15) is 27.9 Å². The Morgan fingerprint density at radius 1 is 1.14 bits per heavy atom. The summed E-state index contributed by atoms with van der Waals surface area (Å²) in [5, 5.41) is 48.8. The molecule has 0 heterocycles. The molecule has 0 radical (unpaired) electrons. The van der Waals surface area contributed by atoms with E-state index in [2.05, 4.69) is 5.16 Å². The normalized spacial score (nSPS) is 25.4. The second-order valence-electron chi connectivity index (χ2n) is 10.8. The standard InChI is InChI=1S/C30H31N3O9/c1-33(2)24-18-11-14-10-17-16(13-5-8-20(41-3)15(9-13)12-32-42-4)6-7-19(34)22(17)25(35)21(14)27(37)30(18,40)28(38)23(26(24)36)29(31)39/h5-9,12,14,18,24,34,36-37,40H,10-11H2,1-4H3,(H2,31,39)/b32-12+/t14-,18-,24+,30-/m0/s1. The number of allylic oxidation sites excluding steroid dienone is 1. The fourth-order valence-corrected chi connectivity index (χ4v) is 6.63. The summed E-state index contributed by atoms with van der Waals surface area (Å²) in [6, 6.07) is 7.28. The van der Waals surface area contributed by atoms with Gasteiger partial charge in [0.15, 0.2) is 11.4 Å². The molecule has 0 saturated carbocycles. The topological polar surface area (TPSA) is 192 Å². The van der Waals surface area contributed by atoms with Gasteiger partial charge in [0.1, 0.15) is 35.7 Å². The number of ether oxygens (including phenoxy) is 1. The molecule has 42 heavy (non-hydrogen) atoms. The summed E-state index contributed by atoms with van der Waals surface area (Å²) in [5.41, 5.74) is 3.98. The molecule has 0 bridgehead atoms. The van der Waals surface area contributed by atoms with Crippen molar-refractivity contribution in [1.82, 2.24) is 4.90 Å². The molecule has 1 amide bonds. The summed E-state index contributed by atoms with van der Waals surface area (Å²) in [4.78, 5) is 45.9. The first kappa shape index (κ1) is 28.8. The first-order valence-corrected chi connectivity index (χ1v) is 13.1. The van der Waals surface area contributed by atoms with E-state index in [1.54, 1.807) is 38.4 Å². The number of methoxy groups -OCH3 is 1. The first-order valence-electron chi connectivity index (χ1n) is 13.1. The highest BCUT2D eigenvalue weighted by Gasteiger charge is 2.63. The number of carbonyl (C=O) groups excluding carboxylic acids is 3. The fraction of sp³-hybridized carbons (Fsp3) is 0.333. The number of amides is 1. The van der Waals surface area contributed by atoms with Crippen LogP contribution in [0.5, 0.6) is 11.5 Å². The number of benzene rings is 2. The zero-order chi connectivity index (χ0) is 30.7. The Labute approximate surface area is 240 Å². The van der Waals surface area contributed by atoms with Gasteiger partial charge in [0.25, 0.3) is 5.91 Å². The Kier molecular flexibility index (Phi) is 7.07. The molecule has 0 aromatic heterocycles. The molecular weight excluding hydrogens is 546 g/mol. The predicted octanol–water partition coefficient (Wildman–Crippen LogP) is 1.78. The number of hydrogen-bond donors (Lipinski definition) is 5. The average molecular weight is 578 g/mol. The minimum Gasteiger partial charge on any atom is -0.510 e. The summed E-state index contributed by atoms with van der Waals surface area (Å²) >= 11 is 0. The van der Waals surface area contributed by atoms with Gasteiger partial charge in [0.2, 0.25) is 5.78 Å². The highest BCUT2D eigenvalue weighted by molar-refractivity contribution is 6.25. The van der Waals surface area contributed by atoms with Crippen molar-refractivity contribution < 1.29 is 44.4 Å². The number of fused-ring (bicyclic) bond motifs is 3. The highest BCUT2D eigenvalue weighted by Crippen LogP contribution is 2.53. The van der Waals surface area contributed by atoms with Gasteiger partial charge in [0.05, 0.1) is 24.9 Å². The van der Waals surface area contributed by atoms with Gasteiger partial charge < -0.3 is 35.7 Å². The second kappa shape index (κ2) is 10.3. The maximum atomic E-state index is 14.0. The Morgan fingerprint density at radius 3 is 2.48 bits per heavy atom. The number of rotatable bonds is 6. The molecule has 0 unspecified atom stereocenters. The summed E-state index contributed by atoms with van der Waals surface area (Å²) in [6.45, 7) is 0. The number of carbonyl (C=O) groups is 3. The van der Waals surface area contributed by atoms with Gasteiger partial charge in [-0.3, -0.25) is 19.3 Å². The molecule has 3 aliphatic rings. The highest BCUT2D eigenvalue weighted by atomic mass is 16.6. The largest absolute Gasteiger partial charge is 0.510 e. The molecule has 0 fully saturated rings. The molecule has 12 nitrogen and oxygen atoms in total. The molecule has 2 aromatic rings. The van der Waals surface area contributed by atoms with Gasteiger partial charge >= 0.3 is 0 Å². The second-order valence-corrected chi connectivity index (χ2v) is 10.8. The molecule has 5 rings (SSSR count). The van der Waals surface area contributed by atoms with Crippen molar-refractivity contribution in [3.05, 3.63) is 69.7 Å². The van der Waals surface area contributed by atoms with E-state index >= 15 is 0 Å². The third-order valence-electron chi connectivity index (χ3n) is 8.44. The van der Waals surface area contributed by atoms with Gasteiger partial charge in [-0.15, -0.1) is 0 Å². The van der Waals surface area contributed by atoms with E-state index in [-0.39, 0.29) is 29.7 Å². The van der Waals surface area contributed by atoms with E-state index in [1.807, 2.05) is 0 Å². The summed E-state index contributed by atoms with van der Waals surface area (Å²) < 4.78 is 5.41. The van der Waals surface area contributed by atoms with E-state index in [4.69, 9.17) is 15.3 Å². The summed E-state index contributed by atoms with van der Waals surface area (Å²) in [7, 11) is 6.09. The number of hydrogen-bond acceptors (Lipinski definition) is 11. The summed E-state index contributed by atoms with van der Waals surface area (Å²) in [5.74, 6) is -6.43. The van der Waals surface area contributed by atoms with Crippen LogP contribution in [0.2, 0.25) is 0 Å². The van der Waals surface area contributed by atoms with E-state index in [0.29, 0.717) is 28.0 Å². The first-order chi connectivity index (χ1) is 19.9. The van der Waals surface area contributed by atoms with Crippen molar-refractivity contribution in [1.29, 1.82) is 0 Å². The van der Waals surface area contributed by atoms with Crippen LogP contribution < -0.4 is 10.5 Å². The van der Waals surface area contributed by atoms with Crippen molar-refractivity contribution in [3.8, 4) is 22.6 Å². The fourth-order valence-electron chi connectivity index (χ4n) is 6.63. The molecule has 12 heteroatoms. The van der Waals surface area contributed by atoms with E-state index in [9.17, 15) is 34.8 Å². The number of aromatic hydroxyl groups is 1. The van der Waals surface area contributed by atoms with Crippen molar-refractivity contribution in [2.24, 2.45) is 22.7 Å². The number of aliphatic hydroxyl groups is 3. The van der Waals surface area contributed by atoms with Crippen LogP contribution in [0.4, 0.5) is 0 Å². The maximum absolute atomic E-state index is 14.0. The molecule has 0 saturated heterocycles. The molecule has 0 aliphatic heterocycles. The van der Waals surface area contributed by atoms with E-state index in [1.165, 1.54) is 31.4 Å². The lowest BCUT2D eigenvalue weighted by atomic mass is 9.58. The molecule has 2 aromatic carbocycles. The van der Waals surface area contributed by atoms with Crippen LogP contribution >= 0.6 is 0 Å². The number of phenolic OH excluding ortho intramolecular Hbond substituents is 1. The van der Waals surface area contributed by atoms with E-state index in [0.717, 1.165) is 0 Å². The van der Waals surface area contributed by atoms with Crippen LogP contribution in [-0.4, -0.2) is 89.0 Å². The van der Waals surface area contributed by atoms with E-state index < -0.39 is 58.0 Å². The number of aliphatic hydroxyl groups excluding tert-OH is 2. The van der Waals surface area contributed by atoms with Crippen LogP contribution in [0.3, 0.4) is 0 Å². The number of ketones is 2. The number of phenols is 1. The van der Waals surface area contributed by atoms with Crippen LogP contribution in [0, 0.1) is 11.8 Å². The Bertz CT molecular complexity index is 1620. The number of nitrogens with zero attached hydrogens (tertiary/aromatic N) is 2. The number of oxime groups is 1. The van der Waals surface area contributed by atoms with Crippen molar-refractivity contribution in [3.63, 3.8) is 0 Å². The molecule has 3 aliphatic carbocycles. The minimum atomic E-state index is -2.69. The molecule has 4 atom stereocenters. The van der Waals surface area contributed by atoms with Crippen LogP contribution in [0.25, 0.3) is 11.1 Å². The third-order valence-corrected chi connectivity index (χ3v) is 8.44. The average Bonchev–Trinajstić information content (AvgIpc) is 2.93. The molecule has 6 N–H and O–H groups in total.